The van der Waals surface area contributed by atoms with E-state index in [0.717, 1.165) is 30.2 Å². The molecule has 3 aliphatic rings. The third-order valence-corrected chi connectivity index (χ3v) is 10.2. The summed E-state index contributed by atoms with van der Waals surface area (Å²) in [6, 6.07) is 11.3. The van der Waals surface area contributed by atoms with Crippen LogP contribution in [0.1, 0.15) is 58.4 Å². The first-order valence-electron chi connectivity index (χ1n) is 17.0. The molecular weight excluding hydrogens is 626 g/mol. The van der Waals surface area contributed by atoms with E-state index in [0.29, 0.717) is 61.2 Å². The number of fused-ring (bicyclic) bond motifs is 3. The predicted octanol–water partition coefficient (Wildman–Crippen LogP) is 6.76. The van der Waals surface area contributed by atoms with Crippen molar-refractivity contribution in [1.82, 2.24) is 24.8 Å². The van der Waals surface area contributed by atoms with Crippen LogP contribution in [0.4, 0.5) is 19.4 Å². The molecule has 0 unspecified atom stereocenters. The van der Waals surface area contributed by atoms with Crippen molar-refractivity contribution < 1.29 is 23.0 Å². The molecule has 256 valence electrons. The number of hydrogen-bond acceptors (Lipinski definition) is 8. The molecule has 3 fully saturated rings. The standard InChI is InChI=1S/C38H42F2N6O3/c1-6-24-10-7-11-25-12-8-13-28(30(24)25)32-31(40)33-29(21-41-32)34(44(5)27-14-18-45(19-15-27)36(47)49-37(2,3)4)43-35(42-33)48-23-38-16-9-17-46(38)22-26(39)20-38/h1,7-8,10-13,21,26-27H,9,14-20,22-23H2,2-5H3/t26-,38+/m1/s1. The number of rotatable bonds is 6. The number of terminal acetylenes is 1. The zero-order chi connectivity index (χ0) is 34.5. The second kappa shape index (κ2) is 12.7. The fraction of sp³-hybridized carbons (Fsp3) is 0.474. The summed E-state index contributed by atoms with van der Waals surface area (Å²) in [4.78, 5) is 32.7. The minimum absolute atomic E-state index is 0.00493. The SMILES string of the molecule is C#Cc1cccc2cccc(-c3ncc4c(N(C)C5CCN(C(=O)OC(C)(C)C)CC5)nc(OC[C@@]56CCCN5C[C@H](F)C6)nc4c3F)c12. The van der Waals surface area contributed by atoms with Gasteiger partial charge in [0.2, 0.25) is 0 Å². The van der Waals surface area contributed by atoms with Crippen molar-refractivity contribution in [3.8, 4) is 29.6 Å². The van der Waals surface area contributed by atoms with Crippen LogP contribution in [-0.4, -0.2) is 94.0 Å². The Morgan fingerprint density at radius 2 is 1.90 bits per heavy atom. The Kier molecular flexibility index (Phi) is 8.55. The molecule has 11 heteroatoms. The normalized spacial score (nSPS) is 21.6. The molecule has 49 heavy (non-hydrogen) atoms. The largest absolute Gasteiger partial charge is 0.461 e. The number of hydrogen-bond donors (Lipinski definition) is 0. The topological polar surface area (TPSA) is 83.9 Å². The number of aromatic nitrogens is 3. The minimum Gasteiger partial charge on any atom is -0.461 e. The molecule has 0 bridgehead atoms. The fourth-order valence-electron chi connectivity index (χ4n) is 7.78. The number of pyridine rings is 1. The van der Waals surface area contributed by atoms with E-state index < -0.39 is 23.1 Å². The van der Waals surface area contributed by atoms with Gasteiger partial charge in [-0.2, -0.15) is 9.97 Å². The summed E-state index contributed by atoms with van der Waals surface area (Å²) in [5.41, 5.74) is 0.410. The Balaban J connectivity index is 1.26. The predicted molar refractivity (Wildman–Crippen MR) is 186 cm³/mol. The summed E-state index contributed by atoms with van der Waals surface area (Å²) in [6.45, 7) is 8.01. The lowest BCUT2D eigenvalue weighted by Crippen LogP contribution is -2.47. The van der Waals surface area contributed by atoms with Crippen LogP contribution in [0.3, 0.4) is 0 Å². The second-order valence-electron chi connectivity index (χ2n) is 14.5. The summed E-state index contributed by atoms with van der Waals surface area (Å²) in [5.74, 6) is 2.60. The molecule has 0 saturated carbocycles. The first-order chi connectivity index (χ1) is 23.5. The molecule has 0 spiro atoms. The lowest BCUT2D eigenvalue weighted by Gasteiger charge is -2.38. The van der Waals surface area contributed by atoms with Crippen LogP contribution in [0, 0.1) is 18.2 Å². The summed E-state index contributed by atoms with van der Waals surface area (Å²) < 4.78 is 43.3. The summed E-state index contributed by atoms with van der Waals surface area (Å²) >= 11 is 0. The molecule has 3 saturated heterocycles. The Bertz CT molecular complexity index is 1950. The Morgan fingerprint density at radius 1 is 1.14 bits per heavy atom. The zero-order valence-corrected chi connectivity index (χ0v) is 28.5. The number of amides is 1. The molecule has 0 aliphatic carbocycles. The molecule has 2 aromatic carbocycles. The number of carbonyl (C=O) groups excluding carboxylic acids is 1. The van der Waals surface area contributed by atoms with Gasteiger partial charge in [-0.1, -0.05) is 36.3 Å². The minimum atomic E-state index is -0.908. The molecule has 0 radical (unpaired) electrons. The smallest absolute Gasteiger partial charge is 0.410 e. The Morgan fingerprint density at radius 3 is 2.63 bits per heavy atom. The monoisotopic (exact) mass is 668 g/mol. The van der Waals surface area contributed by atoms with Gasteiger partial charge in [0.25, 0.3) is 0 Å². The van der Waals surface area contributed by atoms with E-state index in [9.17, 15) is 9.18 Å². The molecule has 5 heterocycles. The van der Waals surface area contributed by atoms with Gasteiger partial charge in [-0.15, -0.1) is 6.42 Å². The van der Waals surface area contributed by atoms with Crippen LogP contribution in [0.25, 0.3) is 32.9 Å². The van der Waals surface area contributed by atoms with E-state index in [1.165, 1.54) is 0 Å². The van der Waals surface area contributed by atoms with Gasteiger partial charge in [0, 0.05) is 61.9 Å². The first-order valence-corrected chi connectivity index (χ1v) is 17.0. The number of ether oxygens (including phenoxy) is 2. The maximum Gasteiger partial charge on any atom is 0.410 e. The summed E-state index contributed by atoms with van der Waals surface area (Å²) in [5, 5.41) is 2.05. The summed E-state index contributed by atoms with van der Waals surface area (Å²) in [6.07, 6.45) is 9.73. The third kappa shape index (κ3) is 6.23. The van der Waals surface area contributed by atoms with Crippen molar-refractivity contribution in [1.29, 1.82) is 0 Å². The highest BCUT2D eigenvalue weighted by Crippen LogP contribution is 2.41. The van der Waals surface area contributed by atoms with Crippen LogP contribution in [0.2, 0.25) is 0 Å². The van der Waals surface area contributed by atoms with Crippen molar-refractivity contribution in [3.63, 3.8) is 0 Å². The van der Waals surface area contributed by atoms with Crippen molar-refractivity contribution >= 4 is 33.6 Å². The number of likely N-dealkylation sites (tertiary alicyclic amines) is 1. The number of carbonyl (C=O) groups is 1. The van der Waals surface area contributed by atoms with Gasteiger partial charge in [-0.3, -0.25) is 9.88 Å². The molecular formula is C38H42F2N6O3. The van der Waals surface area contributed by atoms with Crippen molar-refractivity contribution in [2.45, 2.75) is 76.2 Å². The van der Waals surface area contributed by atoms with E-state index in [1.54, 1.807) is 11.1 Å². The highest BCUT2D eigenvalue weighted by Gasteiger charge is 2.49. The second-order valence-corrected chi connectivity index (χ2v) is 14.5. The third-order valence-electron chi connectivity index (χ3n) is 10.2. The number of nitrogens with zero attached hydrogens (tertiary/aromatic N) is 6. The van der Waals surface area contributed by atoms with Gasteiger partial charge < -0.3 is 19.3 Å². The van der Waals surface area contributed by atoms with Crippen molar-refractivity contribution in [2.24, 2.45) is 0 Å². The fourth-order valence-corrected chi connectivity index (χ4v) is 7.78. The van der Waals surface area contributed by atoms with Gasteiger partial charge in [0.1, 0.15) is 35.4 Å². The van der Waals surface area contributed by atoms with E-state index >= 15 is 4.39 Å². The van der Waals surface area contributed by atoms with Gasteiger partial charge in [0.15, 0.2) is 5.82 Å². The van der Waals surface area contributed by atoms with E-state index in [1.807, 2.05) is 69.1 Å². The number of benzene rings is 2. The van der Waals surface area contributed by atoms with Crippen LogP contribution >= 0.6 is 0 Å². The van der Waals surface area contributed by atoms with Crippen LogP contribution in [0.5, 0.6) is 6.01 Å². The average Bonchev–Trinajstić information content (AvgIpc) is 3.61. The number of anilines is 1. The van der Waals surface area contributed by atoms with E-state index in [2.05, 4.69) is 20.8 Å². The van der Waals surface area contributed by atoms with Gasteiger partial charge >= 0.3 is 12.1 Å². The molecule has 0 N–H and O–H groups in total. The first kappa shape index (κ1) is 33.0. The Labute approximate surface area is 285 Å². The van der Waals surface area contributed by atoms with E-state index in [-0.39, 0.29) is 36.0 Å². The molecule has 3 aliphatic heterocycles. The van der Waals surface area contributed by atoms with Crippen molar-refractivity contribution in [3.05, 3.63) is 54.0 Å². The maximum absolute atomic E-state index is 16.9. The molecule has 1 amide bonds. The van der Waals surface area contributed by atoms with E-state index in [4.69, 9.17) is 20.9 Å². The zero-order valence-electron chi connectivity index (χ0n) is 28.5. The lowest BCUT2D eigenvalue weighted by atomic mass is 9.95. The molecule has 4 aromatic rings. The van der Waals surface area contributed by atoms with Crippen molar-refractivity contribution in [2.75, 3.05) is 44.7 Å². The lowest BCUT2D eigenvalue weighted by molar-refractivity contribution is 0.0205. The summed E-state index contributed by atoms with van der Waals surface area (Å²) in [7, 11) is 1.91. The van der Waals surface area contributed by atoms with Gasteiger partial charge in [-0.25, -0.2) is 13.6 Å². The maximum atomic E-state index is 16.9. The number of piperidine rings is 1. The Hall–Kier alpha value is -4.56. The van der Waals surface area contributed by atoms with Crippen LogP contribution in [0.15, 0.2) is 42.6 Å². The van der Waals surface area contributed by atoms with Crippen LogP contribution < -0.4 is 9.64 Å². The molecule has 2 aromatic heterocycles. The highest BCUT2D eigenvalue weighted by molar-refractivity contribution is 6.02. The average molecular weight is 669 g/mol. The number of halogens is 2. The van der Waals surface area contributed by atoms with Gasteiger partial charge in [0.05, 0.1) is 10.9 Å². The highest BCUT2D eigenvalue weighted by atomic mass is 19.1. The molecule has 2 atom stereocenters. The van der Waals surface area contributed by atoms with Gasteiger partial charge in [-0.05, 0) is 64.5 Å². The van der Waals surface area contributed by atoms with Crippen LogP contribution in [-0.2, 0) is 4.74 Å². The molecule has 7 rings (SSSR count). The quantitative estimate of drug-likeness (QED) is 0.209. The molecule has 9 nitrogen and oxygen atoms in total. The number of alkyl halides is 1.